The predicted octanol–water partition coefficient (Wildman–Crippen LogP) is 4.16. The van der Waals surface area contributed by atoms with Crippen LogP contribution < -0.4 is 10.1 Å². The molecule has 1 aromatic rings. The normalized spacial score (nSPS) is 13.1. The second-order valence-corrected chi connectivity index (χ2v) is 6.29. The van der Waals surface area contributed by atoms with Gasteiger partial charge in [0, 0.05) is 17.1 Å². The fourth-order valence-corrected chi connectivity index (χ4v) is 1.97. The highest BCUT2D eigenvalue weighted by atomic mass is 79.9. The number of rotatable bonds is 6. The molecule has 0 radical (unpaired) electrons. The molecule has 1 aromatic carbocycles. The van der Waals surface area contributed by atoms with Crippen molar-refractivity contribution in [3.8, 4) is 5.75 Å². The lowest BCUT2D eigenvalue weighted by atomic mass is 10.1. The van der Waals surface area contributed by atoms with Crippen LogP contribution in [0.5, 0.6) is 5.75 Å². The maximum atomic E-state index is 6.15. The summed E-state index contributed by atoms with van der Waals surface area (Å²) < 4.78 is 7.20. The Labute approximate surface area is 119 Å². The lowest BCUT2D eigenvalue weighted by Gasteiger charge is -2.25. The van der Waals surface area contributed by atoms with E-state index in [1.165, 1.54) is 5.56 Å². The van der Waals surface area contributed by atoms with Crippen LogP contribution in [0.4, 0.5) is 0 Å². The molecule has 1 N–H and O–H groups in total. The van der Waals surface area contributed by atoms with Gasteiger partial charge < -0.3 is 10.1 Å². The summed E-state index contributed by atoms with van der Waals surface area (Å²) in [4.78, 5) is 0. The zero-order valence-corrected chi connectivity index (χ0v) is 13.5. The highest BCUT2D eigenvalue weighted by Crippen LogP contribution is 2.25. The number of nitrogens with one attached hydrogen (secondary N) is 1. The first-order valence-corrected chi connectivity index (χ1v) is 7.35. The van der Waals surface area contributed by atoms with Crippen LogP contribution in [0.15, 0.2) is 22.7 Å². The van der Waals surface area contributed by atoms with Gasteiger partial charge in [-0.05, 0) is 30.5 Å². The van der Waals surface area contributed by atoms with E-state index in [0.717, 1.165) is 16.8 Å². The third kappa shape index (κ3) is 4.99. The molecule has 0 heterocycles. The van der Waals surface area contributed by atoms with Gasteiger partial charge in [0.2, 0.25) is 0 Å². The van der Waals surface area contributed by atoms with Crippen LogP contribution >= 0.6 is 15.9 Å². The molecule has 1 atom stereocenters. The van der Waals surface area contributed by atoms with Gasteiger partial charge >= 0.3 is 0 Å². The average Bonchev–Trinajstić information content (AvgIpc) is 2.28. The molecule has 1 rings (SSSR count). The average molecular weight is 314 g/mol. The molecule has 0 aromatic heterocycles. The first kappa shape index (κ1) is 15.5. The van der Waals surface area contributed by atoms with Crippen LogP contribution in [0.3, 0.4) is 0 Å². The van der Waals surface area contributed by atoms with Gasteiger partial charge in [0.1, 0.15) is 11.9 Å². The number of hydrogen-bond donors (Lipinski definition) is 1. The molecule has 0 aliphatic rings. The van der Waals surface area contributed by atoms with Gasteiger partial charge in [0.25, 0.3) is 0 Å². The molecule has 0 aliphatic heterocycles. The van der Waals surface area contributed by atoms with E-state index < -0.39 is 0 Å². The number of benzene rings is 1. The van der Waals surface area contributed by atoms with Crippen molar-refractivity contribution in [2.24, 2.45) is 5.92 Å². The van der Waals surface area contributed by atoms with Crippen molar-refractivity contribution in [1.29, 1.82) is 0 Å². The van der Waals surface area contributed by atoms with Gasteiger partial charge in [-0.2, -0.15) is 0 Å². The van der Waals surface area contributed by atoms with Gasteiger partial charge in [0.05, 0.1) is 0 Å². The Morgan fingerprint density at radius 2 is 1.89 bits per heavy atom. The van der Waals surface area contributed by atoms with Crippen LogP contribution in [0.25, 0.3) is 0 Å². The summed E-state index contributed by atoms with van der Waals surface area (Å²) >= 11 is 3.49. The Kier molecular flexibility index (Phi) is 6.16. The quantitative estimate of drug-likeness (QED) is 0.851. The van der Waals surface area contributed by atoms with Gasteiger partial charge in [-0.25, -0.2) is 0 Å². The zero-order chi connectivity index (χ0) is 13.7. The van der Waals surface area contributed by atoms with Crippen molar-refractivity contribution in [2.75, 3.05) is 6.54 Å². The summed E-state index contributed by atoms with van der Waals surface area (Å²) in [6, 6.07) is 6.64. The fourth-order valence-electron chi connectivity index (χ4n) is 1.63. The molecule has 1 unspecified atom stereocenters. The number of ether oxygens (including phenoxy) is 1. The first-order chi connectivity index (χ1) is 8.40. The van der Waals surface area contributed by atoms with E-state index in [-0.39, 0.29) is 6.10 Å². The zero-order valence-electron chi connectivity index (χ0n) is 12.0. The lowest BCUT2D eigenvalue weighted by molar-refractivity contribution is 0.145. The molecule has 3 heteroatoms. The van der Waals surface area contributed by atoms with Gasteiger partial charge in [-0.3, -0.25) is 0 Å². The second-order valence-electron chi connectivity index (χ2n) is 5.37. The molecule has 0 amide bonds. The SMILES string of the molecule is Cc1ccc(Br)cc1OC(CNC(C)C)C(C)C. The number of halogens is 1. The molecule has 2 nitrogen and oxygen atoms in total. The van der Waals surface area contributed by atoms with Crippen LogP contribution in [-0.2, 0) is 0 Å². The maximum Gasteiger partial charge on any atom is 0.123 e. The molecule has 0 fully saturated rings. The van der Waals surface area contributed by atoms with Crippen LogP contribution in [0.2, 0.25) is 0 Å². The summed E-state index contributed by atoms with van der Waals surface area (Å²) in [5.74, 6) is 1.45. The molecular weight excluding hydrogens is 290 g/mol. The van der Waals surface area contributed by atoms with E-state index in [2.05, 4.69) is 61.9 Å². The largest absolute Gasteiger partial charge is 0.489 e. The summed E-state index contributed by atoms with van der Waals surface area (Å²) in [5, 5.41) is 3.44. The summed E-state index contributed by atoms with van der Waals surface area (Å²) in [7, 11) is 0. The Balaban J connectivity index is 2.73. The van der Waals surface area contributed by atoms with Crippen LogP contribution in [0, 0.1) is 12.8 Å². The van der Waals surface area contributed by atoms with Gasteiger partial charge in [-0.1, -0.05) is 49.7 Å². The van der Waals surface area contributed by atoms with E-state index in [9.17, 15) is 0 Å². The van der Waals surface area contributed by atoms with E-state index in [1.807, 2.05) is 12.1 Å². The van der Waals surface area contributed by atoms with Crippen molar-refractivity contribution >= 4 is 15.9 Å². The topological polar surface area (TPSA) is 21.3 Å². The third-order valence-corrected chi connectivity index (χ3v) is 3.39. The minimum absolute atomic E-state index is 0.195. The summed E-state index contributed by atoms with van der Waals surface area (Å²) in [6.07, 6.45) is 0.195. The summed E-state index contributed by atoms with van der Waals surface area (Å²) in [6.45, 7) is 11.7. The number of hydrogen-bond acceptors (Lipinski definition) is 2. The molecule has 0 spiro atoms. The predicted molar refractivity (Wildman–Crippen MR) is 81.3 cm³/mol. The van der Waals surface area contributed by atoms with E-state index in [1.54, 1.807) is 0 Å². The highest BCUT2D eigenvalue weighted by molar-refractivity contribution is 9.10. The van der Waals surface area contributed by atoms with Gasteiger partial charge in [0.15, 0.2) is 0 Å². The van der Waals surface area contributed by atoms with Crippen LogP contribution in [-0.4, -0.2) is 18.7 Å². The minimum atomic E-state index is 0.195. The third-order valence-electron chi connectivity index (χ3n) is 2.90. The first-order valence-electron chi connectivity index (χ1n) is 6.56. The van der Waals surface area contributed by atoms with Gasteiger partial charge in [-0.15, -0.1) is 0 Å². The van der Waals surface area contributed by atoms with E-state index in [0.29, 0.717) is 12.0 Å². The number of aryl methyl sites for hydroxylation is 1. The molecular formula is C15H24BrNO. The molecule has 0 saturated heterocycles. The summed E-state index contributed by atoms with van der Waals surface area (Å²) in [5.41, 5.74) is 1.17. The minimum Gasteiger partial charge on any atom is -0.489 e. The maximum absolute atomic E-state index is 6.15. The fraction of sp³-hybridized carbons (Fsp3) is 0.600. The van der Waals surface area contributed by atoms with Crippen molar-refractivity contribution in [1.82, 2.24) is 5.32 Å². The van der Waals surface area contributed by atoms with Crippen LogP contribution in [0.1, 0.15) is 33.3 Å². The van der Waals surface area contributed by atoms with Crippen molar-refractivity contribution in [3.63, 3.8) is 0 Å². The van der Waals surface area contributed by atoms with Crippen molar-refractivity contribution in [2.45, 2.75) is 46.8 Å². The molecule has 0 saturated carbocycles. The lowest BCUT2D eigenvalue weighted by Crippen LogP contribution is -2.38. The van der Waals surface area contributed by atoms with E-state index >= 15 is 0 Å². The van der Waals surface area contributed by atoms with Crippen molar-refractivity contribution in [3.05, 3.63) is 28.2 Å². The monoisotopic (exact) mass is 313 g/mol. The Morgan fingerprint density at radius 1 is 1.22 bits per heavy atom. The Morgan fingerprint density at radius 3 is 2.44 bits per heavy atom. The van der Waals surface area contributed by atoms with Crippen molar-refractivity contribution < 1.29 is 4.74 Å². The highest BCUT2D eigenvalue weighted by Gasteiger charge is 2.16. The Hall–Kier alpha value is -0.540. The molecule has 0 bridgehead atoms. The van der Waals surface area contributed by atoms with E-state index in [4.69, 9.17) is 4.74 Å². The molecule has 18 heavy (non-hydrogen) atoms. The Bertz CT molecular complexity index is 377. The molecule has 102 valence electrons. The second kappa shape index (κ2) is 7.15. The standard InChI is InChI=1S/C15H24BrNO/c1-10(2)15(9-17-11(3)4)18-14-8-13(16)7-6-12(14)5/h6-8,10-11,15,17H,9H2,1-5H3. The molecule has 0 aliphatic carbocycles. The smallest absolute Gasteiger partial charge is 0.123 e.